The summed E-state index contributed by atoms with van der Waals surface area (Å²) in [7, 11) is 0. The van der Waals surface area contributed by atoms with E-state index in [0.29, 0.717) is 29.3 Å². The molecule has 128 valence electrons. The zero-order valence-electron chi connectivity index (χ0n) is 13.7. The number of rotatable bonds is 3. The molecule has 6 nitrogen and oxygen atoms in total. The molecule has 2 heterocycles. The number of halogens is 1. The maximum absolute atomic E-state index is 12.3. The van der Waals surface area contributed by atoms with Crippen LogP contribution in [0, 0.1) is 6.92 Å². The second-order valence-corrected chi connectivity index (χ2v) is 6.35. The molecule has 3 N–H and O–H groups in total. The van der Waals surface area contributed by atoms with Gasteiger partial charge in [-0.1, -0.05) is 18.5 Å². The van der Waals surface area contributed by atoms with Crippen molar-refractivity contribution in [3.05, 3.63) is 28.5 Å². The quantitative estimate of drug-likeness (QED) is 0.794. The summed E-state index contributed by atoms with van der Waals surface area (Å²) in [6, 6.07) is 2.50. The molecule has 7 heteroatoms. The number of hydrogen-bond donors (Lipinski definition) is 3. The van der Waals surface area contributed by atoms with E-state index in [2.05, 4.69) is 16.0 Å². The molecule has 3 amide bonds. The molecule has 1 aromatic heterocycles. The fourth-order valence-corrected chi connectivity index (χ4v) is 3.21. The summed E-state index contributed by atoms with van der Waals surface area (Å²) in [6.07, 6.45) is 2.23. The van der Waals surface area contributed by atoms with Crippen LogP contribution in [0.3, 0.4) is 0 Å². The summed E-state index contributed by atoms with van der Waals surface area (Å²) in [4.78, 5) is 24.0. The van der Waals surface area contributed by atoms with Crippen LogP contribution in [0.4, 0.5) is 10.5 Å². The minimum Gasteiger partial charge on any atom is -0.459 e. The van der Waals surface area contributed by atoms with Gasteiger partial charge in [0, 0.05) is 23.4 Å². The Morgan fingerprint density at radius 2 is 2.25 bits per heavy atom. The van der Waals surface area contributed by atoms with Gasteiger partial charge >= 0.3 is 6.03 Å². The second-order valence-electron chi connectivity index (χ2n) is 5.92. The lowest BCUT2D eigenvalue weighted by Crippen LogP contribution is -2.51. The largest absolute Gasteiger partial charge is 0.459 e. The Balaban J connectivity index is 1.84. The number of carbonyl (C=O) groups is 2. The molecular weight excluding hydrogens is 330 g/mol. The lowest BCUT2D eigenvalue weighted by Gasteiger charge is -2.22. The van der Waals surface area contributed by atoms with Crippen molar-refractivity contribution < 1.29 is 14.0 Å². The van der Waals surface area contributed by atoms with Gasteiger partial charge in [-0.05, 0) is 37.5 Å². The highest BCUT2D eigenvalue weighted by atomic mass is 35.5. The van der Waals surface area contributed by atoms with Crippen molar-refractivity contribution in [3.63, 3.8) is 0 Å². The van der Waals surface area contributed by atoms with Crippen molar-refractivity contribution in [1.82, 2.24) is 10.6 Å². The zero-order valence-corrected chi connectivity index (χ0v) is 14.4. The summed E-state index contributed by atoms with van der Waals surface area (Å²) >= 11 is 6.17. The fourth-order valence-electron chi connectivity index (χ4n) is 2.99. The van der Waals surface area contributed by atoms with Crippen LogP contribution >= 0.6 is 11.6 Å². The molecule has 0 aliphatic carbocycles. The van der Waals surface area contributed by atoms with Gasteiger partial charge in [0.25, 0.3) is 0 Å². The number of anilines is 1. The van der Waals surface area contributed by atoms with Crippen molar-refractivity contribution >= 4 is 40.2 Å². The Bertz CT molecular complexity index is 800. The topological polar surface area (TPSA) is 83.4 Å². The minimum absolute atomic E-state index is 0.158. The molecule has 2 aromatic rings. The number of urea groups is 1. The maximum Gasteiger partial charge on any atom is 0.319 e. The van der Waals surface area contributed by atoms with Crippen LogP contribution in [-0.2, 0) is 11.2 Å². The van der Waals surface area contributed by atoms with E-state index in [1.54, 1.807) is 6.07 Å². The molecule has 24 heavy (non-hydrogen) atoms. The van der Waals surface area contributed by atoms with Gasteiger partial charge in [-0.3, -0.25) is 4.79 Å². The standard InChI is InChI=1S/C17H20ClN3O3/c1-3-14-9(2)11-7-10(18)8-13(15(11)24-14)21-17(23)20-12-5-4-6-19-16(12)22/h7-8,12H,3-6H2,1-2H3,(H,19,22)(H2,20,21,23)/t12-/m0/s1. The lowest BCUT2D eigenvalue weighted by molar-refractivity contribution is -0.124. The molecular formula is C17H20ClN3O3. The van der Waals surface area contributed by atoms with Gasteiger partial charge in [0.15, 0.2) is 5.58 Å². The first kappa shape index (κ1) is 16.6. The van der Waals surface area contributed by atoms with Gasteiger partial charge in [0.2, 0.25) is 5.91 Å². The van der Waals surface area contributed by atoms with E-state index < -0.39 is 12.1 Å². The number of amides is 3. The monoisotopic (exact) mass is 349 g/mol. The van der Waals surface area contributed by atoms with E-state index in [9.17, 15) is 9.59 Å². The number of benzene rings is 1. The molecule has 1 aliphatic rings. The SMILES string of the molecule is CCc1oc2c(NC(=O)N[C@H]3CCCNC3=O)cc(Cl)cc2c1C. The minimum atomic E-state index is -0.516. The molecule has 0 radical (unpaired) electrons. The first-order valence-electron chi connectivity index (χ1n) is 8.06. The van der Waals surface area contributed by atoms with Gasteiger partial charge in [-0.2, -0.15) is 0 Å². The van der Waals surface area contributed by atoms with E-state index >= 15 is 0 Å². The third-order valence-corrected chi connectivity index (χ3v) is 4.48. The van der Waals surface area contributed by atoms with Crippen molar-refractivity contribution in [2.24, 2.45) is 0 Å². The molecule has 1 aromatic carbocycles. The summed E-state index contributed by atoms with van der Waals surface area (Å²) in [5, 5.41) is 9.57. The molecule has 0 unspecified atom stereocenters. The summed E-state index contributed by atoms with van der Waals surface area (Å²) in [6.45, 7) is 4.63. The third-order valence-electron chi connectivity index (χ3n) is 4.26. The summed E-state index contributed by atoms with van der Waals surface area (Å²) < 4.78 is 5.87. The molecule has 0 bridgehead atoms. The van der Waals surface area contributed by atoms with E-state index in [4.69, 9.17) is 16.0 Å². The van der Waals surface area contributed by atoms with E-state index in [0.717, 1.165) is 29.6 Å². The zero-order chi connectivity index (χ0) is 17.3. The second kappa shape index (κ2) is 6.73. The van der Waals surface area contributed by atoms with Crippen molar-refractivity contribution in [3.8, 4) is 0 Å². The van der Waals surface area contributed by atoms with Crippen LogP contribution < -0.4 is 16.0 Å². The number of carbonyl (C=O) groups excluding carboxylic acids is 2. The van der Waals surface area contributed by atoms with Gasteiger partial charge in [-0.15, -0.1) is 0 Å². The van der Waals surface area contributed by atoms with Gasteiger partial charge in [-0.25, -0.2) is 4.79 Å². The molecule has 0 saturated carbocycles. The maximum atomic E-state index is 12.3. The Morgan fingerprint density at radius 1 is 1.46 bits per heavy atom. The molecule has 1 fully saturated rings. The van der Waals surface area contributed by atoms with Crippen LogP contribution in [0.2, 0.25) is 5.02 Å². The number of hydrogen-bond acceptors (Lipinski definition) is 3. The van der Waals surface area contributed by atoms with Crippen LogP contribution in [0.25, 0.3) is 11.0 Å². The van der Waals surface area contributed by atoms with Crippen LogP contribution in [0.1, 0.15) is 31.1 Å². The highest BCUT2D eigenvalue weighted by molar-refractivity contribution is 6.32. The highest BCUT2D eigenvalue weighted by Crippen LogP contribution is 2.34. The third kappa shape index (κ3) is 3.19. The Hall–Kier alpha value is -2.21. The number of furan rings is 1. The average molecular weight is 350 g/mol. The Labute approximate surface area is 144 Å². The average Bonchev–Trinajstić information content (AvgIpc) is 2.86. The van der Waals surface area contributed by atoms with Gasteiger partial charge in [0.1, 0.15) is 11.8 Å². The molecule has 1 saturated heterocycles. The van der Waals surface area contributed by atoms with Crippen molar-refractivity contribution in [2.75, 3.05) is 11.9 Å². The molecule has 1 aliphatic heterocycles. The predicted octanol–water partition coefficient (Wildman–Crippen LogP) is 3.36. The first-order chi connectivity index (χ1) is 11.5. The fraction of sp³-hybridized carbons (Fsp3) is 0.412. The number of piperidine rings is 1. The smallest absolute Gasteiger partial charge is 0.319 e. The highest BCUT2D eigenvalue weighted by Gasteiger charge is 2.24. The molecule has 1 atom stereocenters. The first-order valence-corrected chi connectivity index (χ1v) is 8.44. The van der Waals surface area contributed by atoms with Gasteiger partial charge in [0.05, 0.1) is 5.69 Å². The number of aryl methyl sites for hydroxylation is 2. The van der Waals surface area contributed by atoms with Crippen LogP contribution in [0.15, 0.2) is 16.5 Å². The van der Waals surface area contributed by atoms with Crippen molar-refractivity contribution in [2.45, 2.75) is 39.2 Å². The molecule has 3 rings (SSSR count). The van der Waals surface area contributed by atoms with Crippen LogP contribution in [-0.4, -0.2) is 24.5 Å². The van der Waals surface area contributed by atoms with E-state index in [1.807, 2.05) is 19.9 Å². The van der Waals surface area contributed by atoms with Crippen molar-refractivity contribution in [1.29, 1.82) is 0 Å². The predicted molar refractivity (Wildman–Crippen MR) is 93.5 cm³/mol. The number of nitrogens with one attached hydrogen (secondary N) is 3. The lowest BCUT2D eigenvalue weighted by atomic mass is 10.1. The van der Waals surface area contributed by atoms with E-state index in [-0.39, 0.29) is 5.91 Å². The van der Waals surface area contributed by atoms with Gasteiger partial charge < -0.3 is 20.4 Å². The summed E-state index contributed by atoms with van der Waals surface area (Å²) in [5.74, 6) is 0.706. The van der Waals surface area contributed by atoms with E-state index in [1.165, 1.54) is 0 Å². The normalized spacial score (nSPS) is 17.6. The summed E-state index contributed by atoms with van der Waals surface area (Å²) in [5.41, 5.74) is 2.11. The number of fused-ring (bicyclic) bond motifs is 1. The molecule has 0 spiro atoms. The Kier molecular flexibility index (Phi) is 4.66. The van der Waals surface area contributed by atoms with Crippen LogP contribution in [0.5, 0.6) is 0 Å². The Morgan fingerprint density at radius 3 is 2.96 bits per heavy atom.